The lowest BCUT2D eigenvalue weighted by Crippen LogP contribution is -2.12. The second-order valence-electron chi connectivity index (χ2n) is 15.7. The molecular formula is C56H40N6OS. The Morgan fingerprint density at radius 2 is 1.17 bits per heavy atom. The van der Waals surface area contributed by atoms with Gasteiger partial charge in [0, 0.05) is 65.3 Å². The van der Waals surface area contributed by atoms with Gasteiger partial charge in [0.1, 0.15) is 22.8 Å². The van der Waals surface area contributed by atoms with Crippen LogP contribution in [0.25, 0.3) is 82.3 Å². The zero-order chi connectivity index (χ0) is 43.0. The number of amidine groups is 1. The van der Waals surface area contributed by atoms with Crippen molar-refractivity contribution in [2.75, 3.05) is 0 Å². The zero-order valence-electron chi connectivity index (χ0n) is 34.9. The highest BCUT2D eigenvalue weighted by atomic mass is 32.1. The van der Waals surface area contributed by atoms with E-state index in [1.165, 1.54) is 31.4 Å². The molecule has 0 amide bonds. The van der Waals surface area contributed by atoms with Crippen molar-refractivity contribution in [1.82, 2.24) is 19.5 Å². The predicted molar refractivity (Wildman–Crippen MR) is 265 cm³/mol. The molecule has 0 saturated carbocycles. The molecule has 8 heteroatoms. The molecule has 12 rings (SSSR count). The van der Waals surface area contributed by atoms with Crippen LogP contribution in [-0.2, 0) is 6.42 Å². The summed E-state index contributed by atoms with van der Waals surface area (Å²) >= 11 is 1.78. The number of hydrogen-bond acceptors (Lipinski definition) is 6. The molecule has 12 aromatic rings. The van der Waals surface area contributed by atoms with Crippen LogP contribution in [0.1, 0.15) is 21.8 Å². The van der Waals surface area contributed by atoms with Crippen LogP contribution in [0.2, 0.25) is 0 Å². The molecule has 4 heterocycles. The quantitative estimate of drug-likeness (QED) is 0.127. The minimum atomic E-state index is 0.534. The van der Waals surface area contributed by atoms with Gasteiger partial charge in [-0.25, -0.2) is 19.9 Å². The molecule has 0 aliphatic carbocycles. The van der Waals surface area contributed by atoms with Gasteiger partial charge in [0.25, 0.3) is 0 Å². The first-order chi connectivity index (χ1) is 31.5. The monoisotopic (exact) mass is 844 g/mol. The Morgan fingerprint density at radius 1 is 0.547 bits per heavy atom. The highest BCUT2D eigenvalue weighted by molar-refractivity contribution is 7.19. The number of fused-ring (bicyclic) bond motifs is 7. The Balaban J connectivity index is 0.000000143. The molecule has 0 radical (unpaired) electrons. The number of thiophene rings is 1. The van der Waals surface area contributed by atoms with Crippen LogP contribution >= 0.6 is 11.3 Å². The number of para-hydroxylation sites is 3. The molecular weight excluding hydrogens is 805 g/mol. The molecule has 0 fully saturated rings. The van der Waals surface area contributed by atoms with Crippen LogP contribution in [0.5, 0.6) is 0 Å². The van der Waals surface area contributed by atoms with Gasteiger partial charge in [0.2, 0.25) is 0 Å². The van der Waals surface area contributed by atoms with Gasteiger partial charge in [-0.05, 0) is 73.2 Å². The first-order valence-electron chi connectivity index (χ1n) is 21.2. The molecule has 0 unspecified atom stereocenters. The van der Waals surface area contributed by atoms with Gasteiger partial charge in [-0.1, -0.05) is 140 Å². The van der Waals surface area contributed by atoms with Crippen LogP contribution in [0.4, 0.5) is 5.69 Å². The molecule has 306 valence electrons. The molecule has 0 bridgehead atoms. The second-order valence-corrected chi connectivity index (χ2v) is 16.8. The van der Waals surface area contributed by atoms with E-state index in [4.69, 9.17) is 20.1 Å². The molecule has 2 N–H and O–H groups in total. The van der Waals surface area contributed by atoms with Crippen LogP contribution in [0.15, 0.2) is 210 Å². The summed E-state index contributed by atoms with van der Waals surface area (Å²) in [5.74, 6) is 2.63. The molecule has 64 heavy (non-hydrogen) atoms. The van der Waals surface area contributed by atoms with Crippen molar-refractivity contribution in [2.45, 2.75) is 13.3 Å². The summed E-state index contributed by atoms with van der Waals surface area (Å²) in [7, 11) is 0. The third kappa shape index (κ3) is 7.36. The summed E-state index contributed by atoms with van der Waals surface area (Å²) in [6, 6.07) is 68.4. The Bertz CT molecular complexity index is 3670. The molecule has 0 saturated heterocycles. The van der Waals surface area contributed by atoms with Crippen molar-refractivity contribution >= 4 is 76.7 Å². The largest absolute Gasteiger partial charge is 0.456 e. The van der Waals surface area contributed by atoms with Crippen LogP contribution in [0, 0.1) is 6.92 Å². The van der Waals surface area contributed by atoms with Gasteiger partial charge in [-0.3, -0.25) is 0 Å². The van der Waals surface area contributed by atoms with Gasteiger partial charge in [-0.15, -0.1) is 11.3 Å². The smallest absolute Gasteiger partial charge is 0.163 e. The fourth-order valence-corrected chi connectivity index (χ4v) is 9.66. The van der Waals surface area contributed by atoms with E-state index in [1.54, 1.807) is 11.3 Å². The average Bonchev–Trinajstić information content (AvgIpc) is 4.01. The maximum Gasteiger partial charge on any atom is 0.163 e. The van der Waals surface area contributed by atoms with Crippen molar-refractivity contribution in [3.8, 4) is 28.5 Å². The van der Waals surface area contributed by atoms with Crippen LogP contribution in [0.3, 0.4) is 0 Å². The van der Waals surface area contributed by atoms with E-state index < -0.39 is 0 Å². The van der Waals surface area contributed by atoms with Crippen LogP contribution in [-0.4, -0.2) is 25.4 Å². The summed E-state index contributed by atoms with van der Waals surface area (Å²) in [5, 5.41) is 5.82. The lowest BCUT2D eigenvalue weighted by atomic mass is 10.1. The second kappa shape index (κ2) is 16.6. The first kappa shape index (κ1) is 38.7. The topological polar surface area (TPSA) is 95.1 Å². The third-order valence-corrected chi connectivity index (χ3v) is 12.6. The van der Waals surface area contributed by atoms with Gasteiger partial charge >= 0.3 is 0 Å². The molecule has 0 aliphatic rings. The third-order valence-electron chi connectivity index (χ3n) is 11.5. The highest BCUT2D eigenvalue weighted by Gasteiger charge is 2.17. The molecule has 0 atom stereocenters. The number of benzene rings is 8. The minimum Gasteiger partial charge on any atom is -0.456 e. The minimum absolute atomic E-state index is 0.534. The van der Waals surface area contributed by atoms with E-state index in [-0.39, 0.29) is 0 Å². The fourth-order valence-electron chi connectivity index (χ4n) is 8.48. The van der Waals surface area contributed by atoms with Gasteiger partial charge in [-0.2, -0.15) is 0 Å². The Hall–Kier alpha value is -8.20. The number of aromatic nitrogens is 4. The summed E-state index contributed by atoms with van der Waals surface area (Å²) in [6.45, 7) is 1.91. The van der Waals surface area contributed by atoms with Crippen LogP contribution < -0.4 is 5.73 Å². The normalized spacial score (nSPS) is 11.7. The average molecular weight is 845 g/mol. The Kier molecular flexibility index (Phi) is 10.0. The van der Waals surface area contributed by atoms with Crippen molar-refractivity contribution in [3.05, 3.63) is 222 Å². The van der Waals surface area contributed by atoms with E-state index >= 15 is 0 Å². The summed E-state index contributed by atoms with van der Waals surface area (Å²) in [5.41, 5.74) is 16.8. The number of aryl methyl sites for hydroxylation is 1. The fraction of sp³-hybridized carbons (Fsp3) is 0.0357. The molecule has 0 spiro atoms. The maximum absolute atomic E-state index is 6.40. The van der Waals surface area contributed by atoms with E-state index in [0.717, 1.165) is 67.3 Å². The van der Waals surface area contributed by atoms with Gasteiger partial charge < -0.3 is 14.7 Å². The number of nitrogens with zero attached hydrogens (tertiary/aromatic N) is 5. The van der Waals surface area contributed by atoms with Crippen molar-refractivity contribution in [3.63, 3.8) is 0 Å². The summed E-state index contributed by atoms with van der Waals surface area (Å²) < 4.78 is 9.52. The van der Waals surface area contributed by atoms with Crippen molar-refractivity contribution in [2.24, 2.45) is 10.7 Å². The first-order valence-corrected chi connectivity index (χ1v) is 22.0. The summed E-state index contributed by atoms with van der Waals surface area (Å²) in [4.78, 5) is 20.1. The van der Waals surface area contributed by atoms with E-state index in [9.17, 15) is 0 Å². The lowest BCUT2D eigenvalue weighted by Gasteiger charge is -2.08. The van der Waals surface area contributed by atoms with Gasteiger partial charge in [0.15, 0.2) is 11.6 Å². The molecule has 0 aliphatic heterocycles. The number of furan rings is 1. The summed E-state index contributed by atoms with van der Waals surface area (Å²) in [6.07, 6.45) is 0.787. The Morgan fingerprint density at radius 3 is 1.97 bits per heavy atom. The number of hydrogen-bond donors (Lipinski definition) is 1. The number of nitrogens with two attached hydrogens (primary N) is 1. The molecule has 7 nitrogen and oxygen atoms in total. The highest BCUT2D eigenvalue weighted by Crippen LogP contribution is 2.40. The van der Waals surface area contributed by atoms with E-state index in [1.807, 2.05) is 85.8 Å². The zero-order valence-corrected chi connectivity index (χ0v) is 35.7. The SMILES string of the molecule is Cc1nc(-c2ccccc2)nc(-c2ccc3c(c2)c2ccccc2n3-c2ccccc2)n1.NC(=Nc1c(Cc2ccc3oc4ccccc4c3c2)sc2ccccc12)c1ccccc1. The number of aliphatic imine (C=N–C) groups is 1. The maximum atomic E-state index is 6.40. The lowest BCUT2D eigenvalue weighted by molar-refractivity contribution is 0.669. The van der Waals surface area contributed by atoms with Gasteiger partial charge in [0.05, 0.1) is 16.7 Å². The van der Waals surface area contributed by atoms with E-state index in [2.05, 4.69) is 136 Å². The molecule has 8 aromatic carbocycles. The van der Waals surface area contributed by atoms with Crippen molar-refractivity contribution in [1.29, 1.82) is 0 Å². The number of rotatable bonds is 7. The molecule has 4 aromatic heterocycles. The van der Waals surface area contributed by atoms with E-state index in [0.29, 0.717) is 23.3 Å². The Labute approximate surface area is 373 Å². The predicted octanol–water partition coefficient (Wildman–Crippen LogP) is 14.0. The van der Waals surface area contributed by atoms with Crippen molar-refractivity contribution < 1.29 is 4.42 Å². The standard InChI is InChI=1S/C28H20N4.C28H20N2OS/c1-19-29-27(20-10-4-2-5-11-20)31-28(30-19)21-16-17-26-24(18-21)23-14-8-9-15-25(23)32(26)22-12-6-3-7-13-22;29-28(19-8-2-1-3-9-19)30-27-21-11-5-7-13-25(21)32-26(27)17-18-14-15-24-22(16-18)20-10-4-6-12-23(20)31-24/h2-18H,1H3;1-16H,17H2,(H2,29,30).